The molecule has 0 amide bonds. The van der Waals surface area contributed by atoms with Crippen molar-refractivity contribution in [2.45, 2.75) is 50.1 Å². The second-order valence-electron chi connectivity index (χ2n) is 7.68. The number of thioether (sulfide) groups is 1. The van der Waals surface area contributed by atoms with Crippen LogP contribution in [0.3, 0.4) is 0 Å². The van der Waals surface area contributed by atoms with Gasteiger partial charge in [0.25, 0.3) is 5.56 Å². The maximum Gasteiger partial charge on any atom is 0.259 e. The molecule has 0 bridgehead atoms. The Labute approximate surface area is 188 Å². The number of para-hydroxylation sites is 1. The van der Waals surface area contributed by atoms with Gasteiger partial charge >= 0.3 is 0 Å². The number of ether oxygens (including phenoxy) is 1. The average Bonchev–Trinajstić information content (AvgIpc) is 3.32. The number of rotatable bonds is 6. The molecule has 0 aliphatic heterocycles. The summed E-state index contributed by atoms with van der Waals surface area (Å²) in [5, 5.41) is 9.33. The van der Waals surface area contributed by atoms with Gasteiger partial charge in [0.2, 0.25) is 0 Å². The Bertz CT molecular complexity index is 1310. The van der Waals surface area contributed by atoms with Crippen LogP contribution in [0.1, 0.15) is 40.5 Å². The van der Waals surface area contributed by atoms with Crippen LogP contribution in [0, 0.1) is 6.92 Å². The molecule has 0 spiro atoms. The molecular formula is C22H23N5O2S2. The summed E-state index contributed by atoms with van der Waals surface area (Å²) >= 11 is 3.18. The summed E-state index contributed by atoms with van der Waals surface area (Å²) in [4.78, 5) is 19.6. The van der Waals surface area contributed by atoms with Crippen LogP contribution in [0.15, 0.2) is 40.3 Å². The standard InChI is InChI=1S/C22H23N5O2S2/c1-14-7-3-5-9-17(14)29-12-19-24-25-22(26(19)2)30-13-15-11-20(28)27-16-8-4-6-10-18(16)31-21(27)23-15/h3,5,7,9,11H,4,6,8,10,12-13H2,1-2H3. The highest BCUT2D eigenvalue weighted by Crippen LogP contribution is 2.29. The fraction of sp³-hybridized carbons (Fsp3) is 0.364. The van der Waals surface area contributed by atoms with E-state index in [1.165, 1.54) is 23.1 Å². The van der Waals surface area contributed by atoms with E-state index >= 15 is 0 Å². The Hall–Kier alpha value is -2.65. The van der Waals surface area contributed by atoms with Crippen molar-refractivity contribution in [1.29, 1.82) is 0 Å². The Morgan fingerprint density at radius 2 is 2.03 bits per heavy atom. The second kappa shape index (κ2) is 8.47. The lowest BCUT2D eigenvalue weighted by molar-refractivity contribution is 0.288. The number of hydrogen-bond donors (Lipinski definition) is 0. The lowest BCUT2D eigenvalue weighted by Gasteiger charge is -2.10. The Balaban J connectivity index is 1.30. The molecule has 0 atom stereocenters. The number of benzene rings is 1. The van der Waals surface area contributed by atoms with Crippen molar-refractivity contribution in [1.82, 2.24) is 24.1 Å². The molecule has 3 heterocycles. The molecule has 0 fully saturated rings. The van der Waals surface area contributed by atoms with Crippen LogP contribution in [-0.4, -0.2) is 24.1 Å². The third-order valence-electron chi connectivity index (χ3n) is 5.54. The fourth-order valence-electron chi connectivity index (χ4n) is 3.81. The first kappa shape index (κ1) is 20.3. The first-order valence-corrected chi connectivity index (χ1v) is 12.1. The zero-order valence-electron chi connectivity index (χ0n) is 17.5. The Morgan fingerprint density at radius 1 is 1.19 bits per heavy atom. The van der Waals surface area contributed by atoms with Crippen LogP contribution in [0.4, 0.5) is 0 Å². The van der Waals surface area contributed by atoms with E-state index < -0.39 is 0 Å². The normalized spacial score (nSPS) is 13.5. The highest BCUT2D eigenvalue weighted by molar-refractivity contribution is 7.98. The monoisotopic (exact) mass is 453 g/mol. The van der Waals surface area contributed by atoms with Crippen LogP contribution in [0.5, 0.6) is 5.75 Å². The minimum Gasteiger partial charge on any atom is -0.485 e. The summed E-state index contributed by atoms with van der Waals surface area (Å²) in [5.41, 5.74) is 3.04. The van der Waals surface area contributed by atoms with Crippen LogP contribution < -0.4 is 10.3 Å². The Morgan fingerprint density at radius 3 is 2.90 bits per heavy atom. The molecule has 1 aromatic carbocycles. The van der Waals surface area contributed by atoms with Gasteiger partial charge in [0.15, 0.2) is 15.9 Å². The lowest BCUT2D eigenvalue weighted by atomic mass is 10.0. The second-order valence-corrected chi connectivity index (χ2v) is 9.69. The van der Waals surface area contributed by atoms with Gasteiger partial charge in [-0.05, 0) is 44.2 Å². The van der Waals surface area contributed by atoms with Crippen molar-refractivity contribution in [3.05, 3.63) is 68.3 Å². The highest BCUT2D eigenvalue weighted by atomic mass is 32.2. The lowest BCUT2D eigenvalue weighted by Crippen LogP contribution is -2.17. The van der Waals surface area contributed by atoms with Gasteiger partial charge in [-0.25, -0.2) is 4.98 Å². The number of thiazole rings is 1. The summed E-state index contributed by atoms with van der Waals surface area (Å²) in [6.45, 7) is 2.37. The summed E-state index contributed by atoms with van der Waals surface area (Å²) in [6.07, 6.45) is 4.36. The maximum absolute atomic E-state index is 12.7. The molecular weight excluding hydrogens is 430 g/mol. The van der Waals surface area contributed by atoms with Crippen molar-refractivity contribution in [2.24, 2.45) is 7.05 Å². The quantitative estimate of drug-likeness (QED) is 0.412. The molecule has 160 valence electrons. The van der Waals surface area contributed by atoms with Crippen molar-refractivity contribution in [3.63, 3.8) is 0 Å². The molecule has 0 saturated carbocycles. The topological polar surface area (TPSA) is 74.3 Å². The van der Waals surface area contributed by atoms with E-state index in [1.807, 2.05) is 42.8 Å². The number of hydrogen-bond acceptors (Lipinski definition) is 7. The zero-order valence-corrected chi connectivity index (χ0v) is 19.1. The van der Waals surface area contributed by atoms with E-state index in [9.17, 15) is 4.79 Å². The van der Waals surface area contributed by atoms with Gasteiger partial charge in [0, 0.05) is 29.4 Å². The Kier molecular flexibility index (Phi) is 5.54. The molecule has 9 heteroatoms. The molecule has 0 N–H and O–H groups in total. The van der Waals surface area contributed by atoms with Crippen LogP contribution in [-0.2, 0) is 32.2 Å². The molecule has 0 unspecified atom stereocenters. The summed E-state index contributed by atoms with van der Waals surface area (Å²) in [7, 11) is 1.93. The number of nitrogens with zero attached hydrogens (tertiary/aromatic N) is 5. The van der Waals surface area contributed by atoms with Crippen LogP contribution in [0.2, 0.25) is 0 Å². The molecule has 5 rings (SSSR count). The summed E-state index contributed by atoms with van der Waals surface area (Å²) in [6, 6.07) is 9.56. The smallest absolute Gasteiger partial charge is 0.259 e. The average molecular weight is 454 g/mol. The number of aromatic nitrogens is 5. The van der Waals surface area contributed by atoms with Crippen molar-refractivity contribution in [3.8, 4) is 5.75 Å². The highest BCUT2D eigenvalue weighted by Gasteiger charge is 2.19. The van der Waals surface area contributed by atoms with Crippen molar-refractivity contribution < 1.29 is 4.74 Å². The van der Waals surface area contributed by atoms with Crippen LogP contribution >= 0.6 is 23.1 Å². The third-order valence-corrected chi connectivity index (χ3v) is 7.74. The van der Waals surface area contributed by atoms with Gasteiger partial charge in [-0.3, -0.25) is 9.20 Å². The molecule has 31 heavy (non-hydrogen) atoms. The van der Waals surface area contributed by atoms with Crippen molar-refractivity contribution in [2.75, 3.05) is 0 Å². The van der Waals surface area contributed by atoms with E-state index in [0.717, 1.165) is 57.9 Å². The summed E-state index contributed by atoms with van der Waals surface area (Å²) < 4.78 is 9.63. The number of fused-ring (bicyclic) bond motifs is 3. The SMILES string of the molecule is Cc1ccccc1OCc1nnc(SCc2cc(=O)n3c4c(sc3n2)CCCC4)n1C. The van der Waals surface area contributed by atoms with E-state index in [4.69, 9.17) is 9.72 Å². The zero-order chi connectivity index (χ0) is 21.4. The van der Waals surface area contributed by atoms with Gasteiger partial charge in [-0.2, -0.15) is 0 Å². The molecule has 0 saturated heterocycles. The minimum atomic E-state index is 0.0188. The molecule has 1 aliphatic rings. The minimum absolute atomic E-state index is 0.0188. The predicted molar refractivity (Wildman–Crippen MR) is 122 cm³/mol. The van der Waals surface area contributed by atoms with Gasteiger partial charge in [-0.15, -0.1) is 21.5 Å². The first-order chi connectivity index (χ1) is 15.1. The van der Waals surface area contributed by atoms with Gasteiger partial charge in [0.1, 0.15) is 12.4 Å². The van der Waals surface area contributed by atoms with E-state index in [2.05, 4.69) is 10.2 Å². The van der Waals surface area contributed by atoms with Gasteiger partial charge in [0.05, 0.1) is 5.69 Å². The molecule has 3 aromatic heterocycles. The predicted octanol–water partition coefficient (Wildman–Crippen LogP) is 3.94. The van der Waals surface area contributed by atoms with Crippen molar-refractivity contribution >= 4 is 28.1 Å². The summed E-state index contributed by atoms with van der Waals surface area (Å²) in [5.74, 6) is 2.16. The van der Waals surface area contributed by atoms with E-state index in [1.54, 1.807) is 21.8 Å². The molecule has 7 nitrogen and oxygen atoms in total. The van der Waals surface area contributed by atoms with Gasteiger partial charge in [-0.1, -0.05) is 30.0 Å². The van der Waals surface area contributed by atoms with Gasteiger partial charge < -0.3 is 9.30 Å². The largest absolute Gasteiger partial charge is 0.485 e. The molecule has 4 aromatic rings. The molecule has 1 aliphatic carbocycles. The maximum atomic E-state index is 12.7. The number of aryl methyl sites for hydroxylation is 3. The fourth-order valence-corrected chi connectivity index (χ4v) is 5.87. The first-order valence-electron chi connectivity index (χ1n) is 10.3. The third kappa shape index (κ3) is 3.99. The van der Waals surface area contributed by atoms with E-state index in [0.29, 0.717) is 12.4 Å². The molecule has 0 radical (unpaired) electrons. The van der Waals surface area contributed by atoms with E-state index in [-0.39, 0.29) is 5.56 Å². The van der Waals surface area contributed by atoms with Crippen LogP contribution in [0.25, 0.3) is 4.96 Å².